The number of hydrogen-bond acceptors (Lipinski definition) is 4. The lowest BCUT2D eigenvalue weighted by atomic mass is 10.0. The summed E-state index contributed by atoms with van der Waals surface area (Å²) in [5.41, 5.74) is 0.712. The summed E-state index contributed by atoms with van der Waals surface area (Å²) in [4.78, 5) is 38.4. The van der Waals surface area contributed by atoms with Crippen molar-refractivity contribution in [3.8, 4) is 12.3 Å². The number of nitrogens with one attached hydrogen (secondary N) is 4. The monoisotopic (exact) mass is 383 g/mol. The van der Waals surface area contributed by atoms with E-state index in [2.05, 4.69) is 32.1 Å². The molecule has 1 aromatic carbocycles. The summed E-state index contributed by atoms with van der Waals surface area (Å²) in [6, 6.07) is 8.55. The topological polar surface area (TPSA) is 103 Å². The van der Waals surface area contributed by atoms with Gasteiger partial charge in [-0.15, -0.1) is 6.42 Å². The van der Waals surface area contributed by atoms with Crippen molar-refractivity contribution in [1.82, 2.24) is 20.9 Å². The lowest BCUT2D eigenvalue weighted by molar-refractivity contribution is -0.129. The number of terminal acetylenes is 1. The quantitative estimate of drug-likeness (QED) is 0.530. The number of rotatable bonds is 6. The van der Waals surface area contributed by atoms with Gasteiger partial charge in [0.05, 0.1) is 12.6 Å². The molecular weight excluding hydrogens is 358 g/mol. The van der Waals surface area contributed by atoms with Gasteiger partial charge in [-0.25, -0.2) is 4.79 Å². The van der Waals surface area contributed by atoms with Crippen molar-refractivity contribution < 1.29 is 14.4 Å². The first-order chi connectivity index (χ1) is 13.6. The molecule has 0 spiro atoms. The van der Waals surface area contributed by atoms with Crippen molar-refractivity contribution in [3.05, 3.63) is 30.3 Å². The average molecular weight is 383 g/mol. The van der Waals surface area contributed by atoms with Crippen molar-refractivity contribution in [2.24, 2.45) is 0 Å². The molecule has 4 amide bonds. The molecule has 4 N–H and O–H groups in total. The summed E-state index contributed by atoms with van der Waals surface area (Å²) >= 11 is 0. The van der Waals surface area contributed by atoms with E-state index >= 15 is 0 Å². The van der Waals surface area contributed by atoms with Crippen molar-refractivity contribution in [2.45, 2.75) is 37.4 Å². The third-order valence-corrected chi connectivity index (χ3v) is 5.08. The van der Waals surface area contributed by atoms with E-state index in [1.54, 1.807) is 0 Å². The molecule has 0 aliphatic carbocycles. The molecule has 2 aliphatic heterocycles. The van der Waals surface area contributed by atoms with Crippen LogP contribution < -0.4 is 21.3 Å². The number of carbonyl (C=O) groups excluding carboxylic acids is 3. The van der Waals surface area contributed by atoms with Crippen LogP contribution in [-0.2, 0) is 9.59 Å². The number of urea groups is 1. The van der Waals surface area contributed by atoms with Crippen LogP contribution in [0.3, 0.4) is 0 Å². The first-order valence-corrected chi connectivity index (χ1v) is 9.43. The third kappa shape index (κ3) is 5.02. The molecule has 0 saturated carbocycles. The second kappa shape index (κ2) is 9.24. The molecule has 148 valence electrons. The van der Waals surface area contributed by atoms with E-state index in [4.69, 9.17) is 6.42 Å². The Labute approximate surface area is 164 Å². The Balaban J connectivity index is 1.52. The number of amides is 4. The maximum Gasteiger partial charge on any atom is 0.319 e. The van der Waals surface area contributed by atoms with Crippen LogP contribution in [0.5, 0.6) is 0 Å². The van der Waals surface area contributed by atoms with E-state index in [-0.39, 0.29) is 42.5 Å². The van der Waals surface area contributed by atoms with Gasteiger partial charge in [0.25, 0.3) is 0 Å². The van der Waals surface area contributed by atoms with Crippen molar-refractivity contribution >= 4 is 23.5 Å². The lowest BCUT2D eigenvalue weighted by Crippen LogP contribution is -2.58. The Hall–Kier alpha value is -3.05. The Morgan fingerprint density at radius 3 is 2.82 bits per heavy atom. The smallest absolute Gasteiger partial charge is 0.319 e. The number of anilines is 1. The normalized spacial score (nSPS) is 23.8. The molecule has 0 aromatic heterocycles. The Morgan fingerprint density at radius 1 is 1.29 bits per heavy atom. The molecule has 2 heterocycles. The van der Waals surface area contributed by atoms with E-state index in [1.165, 1.54) is 0 Å². The summed E-state index contributed by atoms with van der Waals surface area (Å²) in [6.45, 7) is 1.30. The standard InChI is InChI=1S/C20H25N5O3/c1-2-10-21-18(26)9-8-16-12-22-19(27)17-11-15(13-25(16)17)24-20(28)23-14-6-4-3-5-7-14/h1,3-7,15-17H,8-13H2,(H,21,26)(H,22,27)(H2,23,24,28)/t15-,16+,17-/m0/s1. The van der Waals surface area contributed by atoms with Crippen LogP contribution in [0.25, 0.3) is 0 Å². The molecule has 0 radical (unpaired) electrons. The van der Waals surface area contributed by atoms with Crippen molar-refractivity contribution in [3.63, 3.8) is 0 Å². The molecule has 1 aromatic rings. The van der Waals surface area contributed by atoms with E-state index in [0.29, 0.717) is 38.0 Å². The molecule has 0 unspecified atom stereocenters. The number of benzene rings is 1. The molecule has 3 atom stereocenters. The zero-order valence-corrected chi connectivity index (χ0v) is 15.6. The van der Waals surface area contributed by atoms with Gasteiger partial charge in [-0.3, -0.25) is 14.5 Å². The predicted molar refractivity (Wildman–Crippen MR) is 105 cm³/mol. The minimum atomic E-state index is -0.290. The molecule has 2 aliphatic rings. The predicted octanol–water partition coefficient (Wildman–Crippen LogP) is 0.279. The van der Waals surface area contributed by atoms with Crippen molar-refractivity contribution in [1.29, 1.82) is 0 Å². The van der Waals surface area contributed by atoms with Crippen LogP contribution >= 0.6 is 0 Å². The molecule has 8 heteroatoms. The molecule has 2 fully saturated rings. The third-order valence-electron chi connectivity index (χ3n) is 5.08. The second-order valence-electron chi connectivity index (χ2n) is 7.03. The Morgan fingerprint density at radius 2 is 2.07 bits per heavy atom. The van der Waals surface area contributed by atoms with Crippen LogP contribution in [-0.4, -0.2) is 60.5 Å². The van der Waals surface area contributed by atoms with Gasteiger partial charge in [-0.05, 0) is 25.0 Å². The minimum Gasteiger partial charge on any atom is -0.353 e. The molecule has 3 rings (SSSR count). The fourth-order valence-electron chi connectivity index (χ4n) is 3.76. The van der Waals surface area contributed by atoms with Gasteiger partial charge in [0.15, 0.2) is 0 Å². The van der Waals surface area contributed by atoms with Gasteiger partial charge in [-0.2, -0.15) is 0 Å². The lowest BCUT2D eigenvalue weighted by Gasteiger charge is -2.37. The molecule has 8 nitrogen and oxygen atoms in total. The fourth-order valence-corrected chi connectivity index (χ4v) is 3.76. The van der Waals surface area contributed by atoms with Gasteiger partial charge < -0.3 is 21.3 Å². The summed E-state index contributed by atoms with van der Waals surface area (Å²) in [6.07, 6.45) is 6.66. The summed E-state index contributed by atoms with van der Waals surface area (Å²) in [5, 5.41) is 11.3. The van der Waals surface area contributed by atoms with E-state index < -0.39 is 0 Å². The molecule has 28 heavy (non-hydrogen) atoms. The maximum absolute atomic E-state index is 12.2. The van der Waals surface area contributed by atoms with Crippen LogP contribution in [0.2, 0.25) is 0 Å². The maximum atomic E-state index is 12.2. The zero-order valence-electron chi connectivity index (χ0n) is 15.6. The summed E-state index contributed by atoms with van der Waals surface area (Å²) < 4.78 is 0. The fraction of sp³-hybridized carbons (Fsp3) is 0.450. The zero-order chi connectivity index (χ0) is 19.9. The molecule has 2 saturated heterocycles. The Bertz CT molecular complexity index is 761. The highest BCUT2D eigenvalue weighted by molar-refractivity contribution is 5.89. The highest BCUT2D eigenvalue weighted by Crippen LogP contribution is 2.26. The van der Waals surface area contributed by atoms with Crippen LogP contribution in [0.4, 0.5) is 10.5 Å². The number of piperazine rings is 1. The van der Waals surface area contributed by atoms with Gasteiger partial charge in [0.2, 0.25) is 11.8 Å². The van der Waals surface area contributed by atoms with Crippen molar-refractivity contribution in [2.75, 3.05) is 25.0 Å². The number of fused-ring (bicyclic) bond motifs is 1. The van der Waals surface area contributed by atoms with E-state index in [1.807, 2.05) is 30.3 Å². The second-order valence-corrected chi connectivity index (χ2v) is 7.03. The highest BCUT2D eigenvalue weighted by Gasteiger charge is 2.43. The number of nitrogens with zero attached hydrogens (tertiary/aromatic N) is 1. The minimum absolute atomic E-state index is 0.0270. The largest absolute Gasteiger partial charge is 0.353 e. The average Bonchev–Trinajstić information content (AvgIpc) is 3.11. The molecule has 0 bridgehead atoms. The van der Waals surface area contributed by atoms with Gasteiger partial charge in [0, 0.05) is 37.3 Å². The van der Waals surface area contributed by atoms with Gasteiger partial charge >= 0.3 is 6.03 Å². The first kappa shape index (κ1) is 19.7. The molecular formula is C20H25N5O3. The van der Waals surface area contributed by atoms with E-state index in [0.717, 1.165) is 0 Å². The number of hydrogen-bond donors (Lipinski definition) is 4. The number of para-hydroxylation sites is 1. The number of carbonyl (C=O) groups is 3. The van der Waals surface area contributed by atoms with Crippen LogP contribution in [0.15, 0.2) is 30.3 Å². The highest BCUT2D eigenvalue weighted by atomic mass is 16.2. The first-order valence-electron chi connectivity index (χ1n) is 9.43. The Kier molecular flexibility index (Phi) is 6.50. The summed E-state index contributed by atoms with van der Waals surface area (Å²) in [7, 11) is 0. The van der Waals surface area contributed by atoms with Crippen LogP contribution in [0.1, 0.15) is 19.3 Å². The van der Waals surface area contributed by atoms with E-state index in [9.17, 15) is 14.4 Å². The summed E-state index contributed by atoms with van der Waals surface area (Å²) in [5.74, 6) is 2.25. The van der Waals surface area contributed by atoms with Crippen LogP contribution in [0, 0.1) is 12.3 Å². The van der Waals surface area contributed by atoms with Gasteiger partial charge in [-0.1, -0.05) is 24.1 Å². The van der Waals surface area contributed by atoms with Gasteiger partial charge in [0.1, 0.15) is 0 Å². The SMILES string of the molecule is C#CCNC(=O)CC[C@@H]1CNC(=O)[C@@H]2C[C@H](NC(=O)Nc3ccccc3)CN12.